The molecule has 2 aromatic heterocycles. The molecular weight excluding hydrogens is 434 g/mol. The highest BCUT2D eigenvalue weighted by molar-refractivity contribution is 6.31. The predicted molar refractivity (Wildman–Crippen MR) is 134 cm³/mol. The van der Waals surface area contributed by atoms with Crippen LogP contribution >= 0.6 is 11.6 Å². The third-order valence-electron chi connectivity index (χ3n) is 6.34. The van der Waals surface area contributed by atoms with Gasteiger partial charge in [-0.05, 0) is 55.8 Å². The first-order valence-corrected chi connectivity index (χ1v) is 11.8. The monoisotopic (exact) mass is 461 g/mol. The van der Waals surface area contributed by atoms with Crippen molar-refractivity contribution in [3.05, 3.63) is 65.2 Å². The fraction of sp³-hybridized carbons (Fsp3) is 0.308. The number of pyridine rings is 1. The molecule has 7 heteroatoms. The fourth-order valence-electron chi connectivity index (χ4n) is 4.48. The summed E-state index contributed by atoms with van der Waals surface area (Å²) in [4.78, 5) is 23.2. The number of hydrazine groups is 1. The number of aryl methyl sites for hydroxylation is 1. The molecular formula is C26H28ClN5O. The molecule has 1 aliphatic heterocycles. The van der Waals surface area contributed by atoms with Gasteiger partial charge in [-0.1, -0.05) is 35.9 Å². The smallest absolute Gasteiger partial charge is 0.234 e. The van der Waals surface area contributed by atoms with E-state index >= 15 is 0 Å². The van der Waals surface area contributed by atoms with Gasteiger partial charge in [-0.25, -0.2) is 9.99 Å². The lowest BCUT2D eigenvalue weighted by atomic mass is 10.0. The van der Waals surface area contributed by atoms with Crippen molar-refractivity contribution in [1.29, 1.82) is 0 Å². The maximum atomic E-state index is 12.5. The molecule has 33 heavy (non-hydrogen) atoms. The Balaban J connectivity index is 1.36. The van der Waals surface area contributed by atoms with Gasteiger partial charge in [0.15, 0.2) is 0 Å². The van der Waals surface area contributed by atoms with E-state index in [1.54, 1.807) is 0 Å². The third-order valence-corrected chi connectivity index (χ3v) is 6.57. The Hall–Kier alpha value is -2.93. The molecule has 2 aromatic carbocycles. The Morgan fingerprint density at radius 1 is 1.09 bits per heavy atom. The third kappa shape index (κ3) is 4.88. The zero-order chi connectivity index (χ0) is 22.8. The lowest BCUT2D eigenvalue weighted by Crippen LogP contribution is -2.52. The van der Waals surface area contributed by atoms with Crippen LogP contribution in [0.4, 0.5) is 0 Å². The molecule has 5 rings (SSSR count). The predicted octanol–water partition coefficient (Wildman–Crippen LogP) is 4.64. The molecule has 1 fully saturated rings. The first kappa shape index (κ1) is 21.9. The Bertz CT molecular complexity index is 1290. The van der Waals surface area contributed by atoms with Crippen molar-refractivity contribution < 1.29 is 4.79 Å². The Labute approximate surface area is 198 Å². The van der Waals surface area contributed by atoms with Gasteiger partial charge in [0.25, 0.3) is 0 Å². The van der Waals surface area contributed by atoms with Crippen LogP contribution in [0, 0.1) is 0 Å². The first-order chi connectivity index (χ1) is 16.1. The number of rotatable bonds is 6. The maximum Gasteiger partial charge on any atom is 0.234 e. The van der Waals surface area contributed by atoms with E-state index in [4.69, 9.17) is 16.6 Å². The molecule has 170 valence electrons. The van der Waals surface area contributed by atoms with Crippen molar-refractivity contribution in [1.82, 2.24) is 25.3 Å². The van der Waals surface area contributed by atoms with Crippen LogP contribution in [0.3, 0.4) is 0 Å². The highest BCUT2D eigenvalue weighted by atomic mass is 35.5. The standard InChI is InChI=1S/C26H28ClN5O/c1-31-13-15-32(16-14-31)30-25(33)8-4-6-20-21-17-19(27)10-12-23(21)29-26(20)24-11-9-18-5-2-3-7-22(18)28-24/h2-3,5,7,9-12,17,29H,4,6,8,13-16H2,1H3,(H,30,33). The van der Waals surface area contributed by atoms with Gasteiger partial charge in [-0.3, -0.25) is 10.2 Å². The molecule has 4 aromatic rings. The molecule has 2 N–H and O–H groups in total. The summed E-state index contributed by atoms with van der Waals surface area (Å²) in [6, 6.07) is 18.2. The molecule has 0 unspecified atom stereocenters. The summed E-state index contributed by atoms with van der Waals surface area (Å²) in [5.74, 6) is 0.0720. The lowest BCUT2D eigenvalue weighted by molar-refractivity contribution is -0.126. The average Bonchev–Trinajstić information content (AvgIpc) is 3.18. The molecule has 0 atom stereocenters. The first-order valence-electron chi connectivity index (χ1n) is 11.5. The number of hydrogen-bond acceptors (Lipinski definition) is 4. The largest absolute Gasteiger partial charge is 0.353 e. The van der Waals surface area contributed by atoms with Crippen molar-refractivity contribution in [3.63, 3.8) is 0 Å². The minimum Gasteiger partial charge on any atom is -0.353 e. The number of para-hydroxylation sites is 1. The normalized spacial score (nSPS) is 15.3. The number of carbonyl (C=O) groups is 1. The molecule has 0 aliphatic carbocycles. The van der Waals surface area contributed by atoms with Gasteiger partial charge in [0, 0.05) is 53.9 Å². The second-order valence-corrected chi connectivity index (χ2v) is 9.17. The number of fused-ring (bicyclic) bond motifs is 2. The van der Waals surface area contributed by atoms with Crippen LogP contribution in [0.15, 0.2) is 54.6 Å². The van der Waals surface area contributed by atoms with Crippen molar-refractivity contribution in [2.45, 2.75) is 19.3 Å². The molecule has 1 aliphatic rings. The number of benzene rings is 2. The number of aromatic amines is 1. The van der Waals surface area contributed by atoms with E-state index in [0.29, 0.717) is 11.4 Å². The van der Waals surface area contributed by atoms with Gasteiger partial charge in [-0.2, -0.15) is 0 Å². The summed E-state index contributed by atoms with van der Waals surface area (Å²) >= 11 is 6.32. The minimum absolute atomic E-state index is 0.0720. The molecule has 6 nitrogen and oxygen atoms in total. The number of halogens is 1. The van der Waals surface area contributed by atoms with Gasteiger partial charge < -0.3 is 9.88 Å². The number of carbonyl (C=O) groups excluding carboxylic acids is 1. The second kappa shape index (κ2) is 9.51. The van der Waals surface area contributed by atoms with Gasteiger partial charge in [0.05, 0.1) is 16.9 Å². The van der Waals surface area contributed by atoms with E-state index in [-0.39, 0.29) is 5.91 Å². The van der Waals surface area contributed by atoms with E-state index in [2.05, 4.69) is 40.6 Å². The quantitative estimate of drug-likeness (QED) is 0.439. The zero-order valence-corrected chi connectivity index (χ0v) is 19.5. The average molecular weight is 462 g/mol. The molecule has 3 heterocycles. The Morgan fingerprint density at radius 2 is 1.91 bits per heavy atom. The molecule has 1 amide bonds. The van der Waals surface area contributed by atoms with Crippen LogP contribution < -0.4 is 5.43 Å². The zero-order valence-electron chi connectivity index (χ0n) is 18.8. The number of aromatic nitrogens is 2. The number of H-pyrrole nitrogens is 1. The van der Waals surface area contributed by atoms with Crippen molar-refractivity contribution in [2.75, 3.05) is 33.2 Å². The summed E-state index contributed by atoms with van der Waals surface area (Å²) < 4.78 is 0. The number of hydrogen-bond donors (Lipinski definition) is 2. The Morgan fingerprint density at radius 3 is 2.76 bits per heavy atom. The van der Waals surface area contributed by atoms with Crippen LogP contribution in [0.25, 0.3) is 33.2 Å². The van der Waals surface area contributed by atoms with Crippen LogP contribution in [0.5, 0.6) is 0 Å². The van der Waals surface area contributed by atoms with Crippen molar-refractivity contribution in [3.8, 4) is 11.4 Å². The SMILES string of the molecule is CN1CCN(NC(=O)CCCc2c(-c3ccc4ccccc4n3)[nH]c3ccc(Cl)cc23)CC1. The van der Waals surface area contributed by atoms with E-state index in [1.165, 1.54) is 0 Å². The van der Waals surface area contributed by atoms with E-state index in [1.807, 2.05) is 41.4 Å². The summed E-state index contributed by atoms with van der Waals surface area (Å²) in [6.07, 6.45) is 1.99. The molecule has 0 saturated carbocycles. The minimum atomic E-state index is 0.0720. The summed E-state index contributed by atoms with van der Waals surface area (Å²) in [5.41, 5.74) is 8.10. The highest BCUT2D eigenvalue weighted by Gasteiger charge is 2.18. The number of nitrogens with one attached hydrogen (secondary N) is 2. The molecule has 0 radical (unpaired) electrons. The van der Waals surface area contributed by atoms with E-state index in [9.17, 15) is 4.79 Å². The highest BCUT2D eigenvalue weighted by Crippen LogP contribution is 2.33. The maximum absolute atomic E-state index is 12.5. The van der Waals surface area contributed by atoms with Gasteiger partial charge in [-0.15, -0.1) is 0 Å². The lowest BCUT2D eigenvalue weighted by Gasteiger charge is -2.32. The van der Waals surface area contributed by atoms with Crippen LogP contribution in [-0.2, 0) is 11.2 Å². The van der Waals surface area contributed by atoms with Crippen molar-refractivity contribution >= 4 is 39.3 Å². The summed E-state index contributed by atoms with van der Waals surface area (Å²) in [5, 5.41) is 4.93. The van der Waals surface area contributed by atoms with Crippen LogP contribution in [-0.4, -0.2) is 59.0 Å². The fourth-order valence-corrected chi connectivity index (χ4v) is 4.65. The second-order valence-electron chi connectivity index (χ2n) is 8.74. The van der Waals surface area contributed by atoms with Gasteiger partial charge in [0.2, 0.25) is 5.91 Å². The van der Waals surface area contributed by atoms with E-state index in [0.717, 1.165) is 77.8 Å². The Kier molecular flexibility index (Phi) is 6.31. The molecule has 1 saturated heterocycles. The van der Waals surface area contributed by atoms with Gasteiger partial charge in [0.1, 0.15) is 0 Å². The van der Waals surface area contributed by atoms with E-state index < -0.39 is 0 Å². The number of piperazine rings is 1. The number of likely N-dealkylation sites (N-methyl/N-ethyl adjacent to an activating group) is 1. The molecule has 0 spiro atoms. The summed E-state index contributed by atoms with van der Waals surface area (Å²) in [6.45, 7) is 3.67. The van der Waals surface area contributed by atoms with Crippen LogP contribution in [0.2, 0.25) is 5.02 Å². The molecule has 0 bridgehead atoms. The van der Waals surface area contributed by atoms with Crippen LogP contribution in [0.1, 0.15) is 18.4 Å². The van der Waals surface area contributed by atoms with Gasteiger partial charge >= 0.3 is 0 Å². The summed E-state index contributed by atoms with van der Waals surface area (Å²) in [7, 11) is 2.11. The number of amides is 1. The number of nitrogens with zero attached hydrogens (tertiary/aromatic N) is 3. The van der Waals surface area contributed by atoms with Crippen molar-refractivity contribution in [2.24, 2.45) is 0 Å². The topological polar surface area (TPSA) is 64.3 Å².